The van der Waals surface area contributed by atoms with Gasteiger partial charge in [0.1, 0.15) is 0 Å². The van der Waals surface area contributed by atoms with Crippen molar-refractivity contribution in [3.63, 3.8) is 0 Å². The second-order valence-corrected chi connectivity index (χ2v) is 9.49. The molecule has 0 saturated carbocycles. The maximum atomic E-state index is 12.9. The highest BCUT2D eigenvalue weighted by atomic mass is 32.2. The van der Waals surface area contributed by atoms with E-state index < -0.39 is 0 Å². The molecule has 1 saturated heterocycles. The fourth-order valence-electron chi connectivity index (χ4n) is 4.80. The summed E-state index contributed by atoms with van der Waals surface area (Å²) < 4.78 is 5.92. The molecular formula is C26H34N4O3S. The summed E-state index contributed by atoms with van der Waals surface area (Å²) in [4.78, 5) is 28.4. The van der Waals surface area contributed by atoms with Crippen molar-refractivity contribution in [1.29, 1.82) is 0 Å². The number of nitrogens with zero attached hydrogens (tertiary/aromatic N) is 1. The monoisotopic (exact) mass is 482 g/mol. The van der Waals surface area contributed by atoms with Gasteiger partial charge in [0.15, 0.2) is 0 Å². The average molecular weight is 483 g/mol. The summed E-state index contributed by atoms with van der Waals surface area (Å²) in [6.07, 6.45) is 4.93. The summed E-state index contributed by atoms with van der Waals surface area (Å²) in [7, 11) is 0. The number of nitrogens with one attached hydrogen (secondary N) is 3. The Kier molecular flexibility index (Phi) is 8.34. The summed E-state index contributed by atoms with van der Waals surface area (Å²) in [6.45, 7) is 4.68. The van der Waals surface area contributed by atoms with Gasteiger partial charge in [-0.05, 0) is 54.8 Å². The molecule has 4 rings (SSSR count). The molecule has 1 fully saturated rings. The molecule has 3 amide bonds. The van der Waals surface area contributed by atoms with E-state index in [9.17, 15) is 9.59 Å². The van der Waals surface area contributed by atoms with Gasteiger partial charge in [0.05, 0.1) is 25.3 Å². The summed E-state index contributed by atoms with van der Waals surface area (Å²) in [5.74, 6) is -0.0485. The van der Waals surface area contributed by atoms with Crippen LogP contribution in [0.25, 0.3) is 0 Å². The van der Waals surface area contributed by atoms with Gasteiger partial charge in [0, 0.05) is 35.8 Å². The van der Waals surface area contributed by atoms with Crippen molar-refractivity contribution >= 4 is 29.4 Å². The van der Waals surface area contributed by atoms with E-state index in [1.165, 1.54) is 10.5 Å². The van der Waals surface area contributed by atoms with Crippen LogP contribution in [-0.2, 0) is 16.1 Å². The number of urea groups is 1. The number of likely N-dealkylation sites (tertiary alicyclic amines) is 1. The molecular weight excluding hydrogens is 448 g/mol. The van der Waals surface area contributed by atoms with Crippen molar-refractivity contribution in [3.8, 4) is 0 Å². The molecule has 0 radical (unpaired) electrons. The van der Waals surface area contributed by atoms with E-state index in [4.69, 9.17) is 4.74 Å². The van der Waals surface area contributed by atoms with Gasteiger partial charge in [-0.2, -0.15) is 0 Å². The Morgan fingerprint density at radius 2 is 2.03 bits per heavy atom. The number of carbonyl (C=O) groups is 2. The van der Waals surface area contributed by atoms with E-state index >= 15 is 0 Å². The fourth-order valence-corrected chi connectivity index (χ4v) is 5.45. The van der Waals surface area contributed by atoms with E-state index in [2.05, 4.69) is 47.3 Å². The van der Waals surface area contributed by atoms with Gasteiger partial charge in [0.2, 0.25) is 5.91 Å². The van der Waals surface area contributed by atoms with Crippen LogP contribution in [0.1, 0.15) is 55.0 Å². The average Bonchev–Trinajstić information content (AvgIpc) is 3.27. The summed E-state index contributed by atoms with van der Waals surface area (Å²) in [5.41, 5.74) is 4.41. The normalized spacial score (nSPS) is 19.6. The van der Waals surface area contributed by atoms with Crippen LogP contribution in [0.15, 0.2) is 47.4 Å². The molecule has 2 heterocycles. The standard InChI is InChI=1S/C26H34N4O3S/c1-3-23-20-15-18(10-11-21(20)27-12-14-33-23)16-28-26(32)29-17-25(31)30-13-6-8-22(30)19-7-4-5-9-24(19)34-2/h4-5,7,9-11,15,22-23,27H,3,6,8,12-14,16-17H2,1-2H3,(H2,28,29,32)/t22-,23+/m1/s1. The lowest BCUT2D eigenvalue weighted by Gasteiger charge is -2.26. The molecule has 2 aliphatic heterocycles. The third kappa shape index (κ3) is 5.67. The van der Waals surface area contributed by atoms with Gasteiger partial charge in [0.25, 0.3) is 0 Å². The van der Waals surface area contributed by atoms with Crippen LogP contribution in [0.3, 0.4) is 0 Å². The van der Waals surface area contributed by atoms with Crippen molar-refractivity contribution in [3.05, 3.63) is 59.2 Å². The van der Waals surface area contributed by atoms with Gasteiger partial charge in [-0.3, -0.25) is 4.79 Å². The molecule has 2 aromatic carbocycles. The lowest BCUT2D eigenvalue weighted by atomic mass is 10.0. The molecule has 182 valence electrons. The molecule has 0 bridgehead atoms. The summed E-state index contributed by atoms with van der Waals surface area (Å²) in [5, 5.41) is 9.01. The zero-order chi connectivity index (χ0) is 23.9. The number of rotatable bonds is 7. The largest absolute Gasteiger partial charge is 0.382 e. The first-order valence-corrected chi connectivity index (χ1v) is 13.3. The number of benzene rings is 2. The van der Waals surface area contributed by atoms with Crippen molar-refractivity contribution in [2.75, 3.05) is 37.8 Å². The fraction of sp³-hybridized carbons (Fsp3) is 0.462. The Bertz CT molecular complexity index is 1020. The Labute approximate surface area is 206 Å². The van der Waals surface area contributed by atoms with E-state index in [-0.39, 0.29) is 30.6 Å². The highest BCUT2D eigenvalue weighted by Crippen LogP contribution is 2.36. The van der Waals surface area contributed by atoms with Crippen LogP contribution in [0, 0.1) is 0 Å². The van der Waals surface area contributed by atoms with Crippen LogP contribution < -0.4 is 16.0 Å². The Hall–Kier alpha value is -2.71. The van der Waals surface area contributed by atoms with Gasteiger partial charge in [-0.25, -0.2) is 4.79 Å². The number of carbonyl (C=O) groups excluding carboxylic acids is 2. The van der Waals surface area contributed by atoms with Crippen LogP contribution >= 0.6 is 11.8 Å². The predicted octanol–water partition coefficient (Wildman–Crippen LogP) is 4.46. The number of thioether (sulfide) groups is 1. The molecule has 2 atom stereocenters. The van der Waals surface area contributed by atoms with Gasteiger partial charge in [-0.1, -0.05) is 31.2 Å². The maximum absolute atomic E-state index is 12.9. The topological polar surface area (TPSA) is 82.7 Å². The number of hydrogen-bond acceptors (Lipinski definition) is 5. The number of ether oxygens (including phenoxy) is 1. The van der Waals surface area contributed by atoms with Gasteiger partial charge < -0.3 is 25.6 Å². The van der Waals surface area contributed by atoms with Crippen molar-refractivity contribution in [1.82, 2.24) is 15.5 Å². The molecule has 8 heteroatoms. The molecule has 7 nitrogen and oxygen atoms in total. The molecule has 0 aromatic heterocycles. The SMILES string of the molecule is CC[C@@H]1OCCNc2ccc(CNC(=O)NCC(=O)N3CCC[C@@H]3c3ccccc3SC)cc21. The highest BCUT2D eigenvalue weighted by Gasteiger charge is 2.31. The van der Waals surface area contributed by atoms with E-state index in [0.717, 1.165) is 49.2 Å². The second kappa shape index (κ2) is 11.6. The third-order valence-corrected chi connectivity index (χ3v) is 7.31. The van der Waals surface area contributed by atoms with Crippen LogP contribution in [0.2, 0.25) is 0 Å². The molecule has 0 unspecified atom stereocenters. The van der Waals surface area contributed by atoms with Gasteiger partial charge >= 0.3 is 6.03 Å². The molecule has 0 aliphatic carbocycles. The lowest BCUT2D eigenvalue weighted by molar-refractivity contribution is -0.131. The first-order valence-electron chi connectivity index (χ1n) is 12.0. The number of fused-ring (bicyclic) bond motifs is 1. The smallest absolute Gasteiger partial charge is 0.315 e. The molecule has 3 N–H and O–H groups in total. The van der Waals surface area contributed by atoms with Crippen LogP contribution in [0.4, 0.5) is 10.5 Å². The van der Waals surface area contributed by atoms with Gasteiger partial charge in [-0.15, -0.1) is 11.8 Å². The summed E-state index contributed by atoms with van der Waals surface area (Å²) in [6, 6.07) is 14.1. The predicted molar refractivity (Wildman–Crippen MR) is 136 cm³/mol. The summed E-state index contributed by atoms with van der Waals surface area (Å²) >= 11 is 1.70. The van der Waals surface area contributed by atoms with Crippen molar-refractivity contribution in [2.45, 2.75) is 49.8 Å². The first-order chi connectivity index (χ1) is 16.6. The molecule has 2 aliphatic rings. The van der Waals surface area contributed by atoms with Crippen LogP contribution in [0.5, 0.6) is 0 Å². The quantitative estimate of drug-likeness (QED) is 0.508. The lowest BCUT2D eigenvalue weighted by Crippen LogP contribution is -2.43. The molecule has 2 aromatic rings. The van der Waals surface area contributed by atoms with Crippen molar-refractivity contribution < 1.29 is 14.3 Å². The minimum absolute atomic E-state index is 0.0103. The van der Waals surface area contributed by atoms with E-state index in [1.807, 2.05) is 29.2 Å². The second-order valence-electron chi connectivity index (χ2n) is 8.64. The maximum Gasteiger partial charge on any atom is 0.315 e. The minimum atomic E-state index is -0.343. The minimum Gasteiger partial charge on any atom is -0.382 e. The Morgan fingerprint density at radius 1 is 1.18 bits per heavy atom. The number of hydrogen-bond donors (Lipinski definition) is 3. The van der Waals surface area contributed by atoms with Crippen LogP contribution in [-0.4, -0.2) is 49.3 Å². The Morgan fingerprint density at radius 3 is 2.85 bits per heavy atom. The molecule has 0 spiro atoms. The Balaban J connectivity index is 1.30. The zero-order valence-electron chi connectivity index (χ0n) is 19.9. The van der Waals surface area contributed by atoms with E-state index in [0.29, 0.717) is 13.2 Å². The number of amides is 3. The zero-order valence-corrected chi connectivity index (χ0v) is 20.7. The molecule has 34 heavy (non-hydrogen) atoms. The number of anilines is 1. The highest BCUT2D eigenvalue weighted by molar-refractivity contribution is 7.98. The first kappa shape index (κ1) is 24.4. The third-order valence-electron chi connectivity index (χ3n) is 6.49. The van der Waals surface area contributed by atoms with E-state index in [1.54, 1.807) is 11.8 Å². The van der Waals surface area contributed by atoms with Crippen molar-refractivity contribution in [2.24, 2.45) is 0 Å².